The van der Waals surface area contributed by atoms with Crippen LogP contribution >= 0.6 is 0 Å². The summed E-state index contributed by atoms with van der Waals surface area (Å²) >= 11 is 0. The largest absolute Gasteiger partial charge is 0.508 e. The van der Waals surface area contributed by atoms with Crippen molar-refractivity contribution in [2.24, 2.45) is 0 Å². The number of esters is 1. The van der Waals surface area contributed by atoms with Crippen molar-refractivity contribution in [2.45, 2.75) is 67.5 Å². The van der Waals surface area contributed by atoms with E-state index < -0.39 is 86.7 Å². The molecule has 2 fully saturated rings. The van der Waals surface area contributed by atoms with Gasteiger partial charge >= 0.3 is 5.97 Å². The van der Waals surface area contributed by atoms with Crippen molar-refractivity contribution in [1.29, 1.82) is 0 Å². The molecule has 3 heterocycles. The molecule has 18 nitrogen and oxygen atoms in total. The van der Waals surface area contributed by atoms with Gasteiger partial charge in [0.25, 0.3) is 0 Å². The number of carbonyl (C=O) groups excluding carboxylic acids is 1. The van der Waals surface area contributed by atoms with Crippen molar-refractivity contribution in [3.05, 3.63) is 83.1 Å². The SMILES string of the molecule is COc1cc(C2Oc3cc(O)cc(OC4OC(CO)C(O)C(O)C4O)c3C=C2OC2OC(COC(=O)C=Cc3ccc(O)cc3)C(O)C(O)C2O)ccc1O. The summed E-state index contributed by atoms with van der Waals surface area (Å²) in [6, 6.07) is 12.5. The van der Waals surface area contributed by atoms with Crippen LogP contribution < -0.4 is 14.2 Å². The fraction of sp³-hybridized carbons (Fsp3) is 0.378. The van der Waals surface area contributed by atoms with Crippen molar-refractivity contribution in [3.63, 3.8) is 0 Å². The molecule has 0 bridgehead atoms. The molecule has 0 amide bonds. The summed E-state index contributed by atoms with van der Waals surface area (Å²) in [5.41, 5.74) is 0.949. The Hall–Kier alpha value is -5.15. The average molecular weight is 773 g/mol. The lowest BCUT2D eigenvalue weighted by Gasteiger charge is -2.41. The van der Waals surface area contributed by atoms with E-state index in [-0.39, 0.29) is 45.8 Å². The molecule has 3 aromatic rings. The normalized spacial score (nSPS) is 30.5. The first-order valence-electron chi connectivity index (χ1n) is 16.9. The lowest BCUT2D eigenvalue weighted by molar-refractivity contribution is -0.294. The molecule has 0 radical (unpaired) electrons. The monoisotopic (exact) mass is 772 g/mol. The maximum atomic E-state index is 12.5. The first-order chi connectivity index (χ1) is 26.3. The molecular formula is C37H40O18. The summed E-state index contributed by atoms with van der Waals surface area (Å²) in [6.07, 6.45) is -14.2. The highest BCUT2D eigenvalue weighted by Gasteiger charge is 2.48. The molecule has 10 N–H and O–H groups in total. The van der Waals surface area contributed by atoms with Gasteiger partial charge in [0.15, 0.2) is 17.6 Å². The van der Waals surface area contributed by atoms with Gasteiger partial charge in [-0.15, -0.1) is 0 Å². The average Bonchev–Trinajstić information content (AvgIpc) is 3.17. The van der Waals surface area contributed by atoms with Gasteiger partial charge in [0.2, 0.25) is 12.6 Å². The zero-order valence-corrected chi connectivity index (χ0v) is 28.9. The summed E-state index contributed by atoms with van der Waals surface area (Å²) in [5, 5.41) is 104. The fourth-order valence-corrected chi connectivity index (χ4v) is 6.05. The molecule has 296 valence electrons. The minimum absolute atomic E-state index is 0.0188. The number of phenolic OH excluding ortho intramolecular Hbond substituents is 3. The molecule has 2 saturated heterocycles. The van der Waals surface area contributed by atoms with E-state index in [1.165, 1.54) is 55.7 Å². The predicted molar refractivity (Wildman–Crippen MR) is 184 cm³/mol. The number of phenols is 3. The standard InChI is InChI=1S/C37H40O18/c1-49-24-10-17(5-8-21(24)41)35-25(13-20-22(51-35)11-19(40)12-23(20)52-36-33(47)31(45)29(43)26(14-38)54-36)53-37-34(48)32(46)30(44)27(55-37)15-50-28(42)9-4-16-2-6-18(39)7-3-16/h2-13,26-27,29-41,43-48H,14-15H2,1H3. The van der Waals surface area contributed by atoms with E-state index in [4.69, 9.17) is 33.2 Å². The van der Waals surface area contributed by atoms with Crippen LogP contribution in [0, 0.1) is 0 Å². The van der Waals surface area contributed by atoms with Gasteiger partial charge in [-0.2, -0.15) is 0 Å². The Morgan fingerprint density at radius 2 is 1.40 bits per heavy atom. The maximum Gasteiger partial charge on any atom is 0.330 e. The molecule has 0 saturated carbocycles. The lowest BCUT2D eigenvalue weighted by Crippen LogP contribution is -2.60. The third-order valence-electron chi connectivity index (χ3n) is 9.09. The van der Waals surface area contributed by atoms with Gasteiger partial charge in [0, 0.05) is 23.8 Å². The van der Waals surface area contributed by atoms with Crippen LogP contribution in [0.1, 0.15) is 22.8 Å². The molecule has 0 aliphatic carbocycles. The molecule has 18 heteroatoms. The number of ether oxygens (including phenoxy) is 7. The van der Waals surface area contributed by atoms with Crippen LogP contribution in [0.15, 0.2) is 66.4 Å². The van der Waals surface area contributed by atoms with E-state index in [2.05, 4.69) is 0 Å². The van der Waals surface area contributed by atoms with Crippen LogP contribution in [0.5, 0.6) is 34.5 Å². The van der Waals surface area contributed by atoms with Crippen molar-refractivity contribution in [2.75, 3.05) is 20.3 Å². The number of carbonyl (C=O) groups is 1. The third kappa shape index (κ3) is 8.57. The second kappa shape index (κ2) is 16.7. The molecule has 3 aromatic carbocycles. The van der Waals surface area contributed by atoms with Crippen LogP contribution in [-0.4, -0.2) is 139 Å². The van der Waals surface area contributed by atoms with E-state index in [1.807, 2.05) is 0 Å². The van der Waals surface area contributed by atoms with Gasteiger partial charge in [0.05, 0.1) is 19.3 Å². The molecule has 3 aliphatic rings. The van der Waals surface area contributed by atoms with E-state index in [1.54, 1.807) is 12.1 Å². The van der Waals surface area contributed by atoms with Crippen LogP contribution in [0.25, 0.3) is 12.2 Å². The Bertz CT molecular complexity index is 1880. The summed E-state index contributed by atoms with van der Waals surface area (Å²) < 4.78 is 39.9. The quantitative estimate of drug-likeness (QED) is 0.0872. The molecule has 0 aromatic heterocycles. The Morgan fingerprint density at radius 3 is 2.07 bits per heavy atom. The Balaban J connectivity index is 1.29. The van der Waals surface area contributed by atoms with E-state index >= 15 is 0 Å². The van der Waals surface area contributed by atoms with E-state index in [9.17, 15) is 55.9 Å². The third-order valence-corrected chi connectivity index (χ3v) is 9.09. The first kappa shape index (κ1) is 39.5. The second-order valence-electron chi connectivity index (χ2n) is 12.8. The topological polar surface area (TPSA) is 284 Å². The van der Waals surface area contributed by atoms with Crippen molar-refractivity contribution >= 4 is 18.1 Å². The fourth-order valence-electron chi connectivity index (χ4n) is 6.05. The summed E-state index contributed by atoms with van der Waals surface area (Å²) in [7, 11) is 1.32. The molecule has 3 aliphatic heterocycles. The number of hydrogen-bond acceptors (Lipinski definition) is 18. The van der Waals surface area contributed by atoms with E-state index in [0.29, 0.717) is 11.1 Å². The van der Waals surface area contributed by atoms with Crippen molar-refractivity contribution < 1.29 is 89.0 Å². The summed E-state index contributed by atoms with van der Waals surface area (Å²) in [4.78, 5) is 12.5. The Labute approximate surface area is 312 Å². The molecule has 6 rings (SSSR count). The van der Waals surface area contributed by atoms with E-state index in [0.717, 1.165) is 12.1 Å². The number of fused-ring (bicyclic) bond motifs is 1. The van der Waals surface area contributed by atoms with Gasteiger partial charge in [-0.25, -0.2) is 4.79 Å². The van der Waals surface area contributed by atoms with Crippen molar-refractivity contribution in [3.8, 4) is 34.5 Å². The highest BCUT2D eigenvalue weighted by molar-refractivity contribution is 5.87. The highest BCUT2D eigenvalue weighted by Crippen LogP contribution is 2.46. The Morgan fingerprint density at radius 1 is 0.745 bits per heavy atom. The lowest BCUT2D eigenvalue weighted by atomic mass is 9.98. The van der Waals surface area contributed by atoms with Gasteiger partial charge in [-0.05, 0) is 42.0 Å². The molecule has 11 atom stereocenters. The second-order valence-corrected chi connectivity index (χ2v) is 12.8. The van der Waals surface area contributed by atoms with Gasteiger partial charge in [0.1, 0.15) is 84.2 Å². The predicted octanol–water partition coefficient (Wildman–Crippen LogP) is -0.454. The smallest absolute Gasteiger partial charge is 0.330 e. The van der Waals surface area contributed by atoms with Crippen LogP contribution in [0.4, 0.5) is 0 Å². The zero-order chi connectivity index (χ0) is 39.6. The molecule has 0 spiro atoms. The number of benzene rings is 3. The van der Waals surface area contributed by atoms with Crippen LogP contribution in [0.3, 0.4) is 0 Å². The number of rotatable bonds is 11. The van der Waals surface area contributed by atoms with Crippen LogP contribution in [0.2, 0.25) is 0 Å². The summed E-state index contributed by atoms with van der Waals surface area (Å²) in [5.74, 6) is -1.69. The number of hydrogen-bond donors (Lipinski definition) is 10. The highest BCUT2D eigenvalue weighted by atomic mass is 16.7. The minimum Gasteiger partial charge on any atom is -0.508 e. The first-order valence-corrected chi connectivity index (χ1v) is 16.9. The maximum absolute atomic E-state index is 12.5. The zero-order valence-electron chi connectivity index (χ0n) is 28.9. The number of aliphatic hydroxyl groups is 7. The number of methoxy groups -OCH3 is 1. The number of aromatic hydroxyl groups is 3. The Kier molecular flexibility index (Phi) is 12.0. The van der Waals surface area contributed by atoms with Gasteiger partial charge in [-0.3, -0.25) is 0 Å². The minimum atomic E-state index is -1.88. The summed E-state index contributed by atoms with van der Waals surface area (Å²) in [6.45, 7) is -1.32. The molecular weight excluding hydrogens is 732 g/mol. The number of aliphatic hydroxyl groups excluding tert-OH is 7. The molecule has 55 heavy (non-hydrogen) atoms. The van der Waals surface area contributed by atoms with Gasteiger partial charge in [-0.1, -0.05) is 18.2 Å². The van der Waals surface area contributed by atoms with Crippen molar-refractivity contribution in [1.82, 2.24) is 0 Å². The molecule has 11 unspecified atom stereocenters. The van der Waals surface area contributed by atoms with Gasteiger partial charge < -0.3 is 84.2 Å². The van der Waals surface area contributed by atoms with Crippen LogP contribution in [-0.2, 0) is 23.7 Å².